The molecule has 4 aromatic carbocycles. The van der Waals surface area contributed by atoms with Crippen molar-refractivity contribution in [1.82, 2.24) is 4.57 Å². The van der Waals surface area contributed by atoms with Crippen molar-refractivity contribution >= 4 is 34.2 Å². The third-order valence-corrected chi connectivity index (χ3v) is 8.66. The van der Waals surface area contributed by atoms with Gasteiger partial charge in [0, 0.05) is 5.56 Å². The Labute approximate surface area is 259 Å². The molecule has 0 aliphatic carbocycles. The molecular formula is C36H32N2O5S. The molecule has 1 aliphatic heterocycles. The summed E-state index contributed by atoms with van der Waals surface area (Å²) in [6.45, 7) is 6.08. The van der Waals surface area contributed by atoms with Gasteiger partial charge in [-0.15, -0.1) is 0 Å². The average Bonchev–Trinajstić information content (AvgIpc) is 3.33. The predicted octanol–water partition coefficient (Wildman–Crippen LogP) is 5.85. The quantitative estimate of drug-likeness (QED) is 0.208. The van der Waals surface area contributed by atoms with Crippen LogP contribution in [0.25, 0.3) is 16.8 Å². The molecule has 0 saturated carbocycles. The Hall–Kier alpha value is -4.95. The topological polar surface area (TPSA) is 79.1 Å². The number of para-hydroxylation sites is 1. The van der Waals surface area contributed by atoms with Crippen LogP contribution in [0.2, 0.25) is 0 Å². The van der Waals surface area contributed by atoms with Gasteiger partial charge in [-0.1, -0.05) is 95.8 Å². The number of rotatable bonds is 8. The van der Waals surface area contributed by atoms with Crippen LogP contribution in [0.15, 0.2) is 106 Å². The molecule has 2 heterocycles. The number of allylic oxidation sites excluding steroid dienone is 1. The fraction of sp³-hybridized carbons (Fsp3) is 0.194. The largest absolute Gasteiger partial charge is 0.493 e. The van der Waals surface area contributed by atoms with Crippen molar-refractivity contribution in [1.29, 1.82) is 0 Å². The summed E-state index contributed by atoms with van der Waals surface area (Å²) < 4.78 is 19.5. The van der Waals surface area contributed by atoms with E-state index in [1.54, 1.807) is 31.6 Å². The highest BCUT2D eigenvalue weighted by atomic mass is 32.1. The van der Waals surface area contributed by atoms with Gasteiger partial charge in [0.15, 0.2) is 16.3 Å². The third kappa shape index (κ3) is 5.44. The minimum Gasteiger partial charge on any atom is -0.493 e. The molecule has 222 valence electrons. The second-order valence-electron chi connectivity index (χ2n) is 10.5. The number of thiazole rings is 1. The molecule has 44 heavy (non-hydrogen) atoms. The first kappa shape index (κ1) is 29.1. The Balaban J connectivity index is 1.46. The maximum atomic E-state index is 14.1. The first-order valence-electron chi connectivity index (χ1n) is 14.4. The lowest BCUT2D eigenvalue weighted by atomic mass is 9.95. The van der Waals surface area contributed by atoms with Crippen LogP contribution < -0.4 is 24.4 Å². The molecule has 6 rings (SSSR count). The van der Waals surface area contributed by atoms with Crippen molar-refractivity contribution in [3.05, 3.63) is 138 Å². The zero-order valence-electron chi connectivity index (χ0n) is 25.0. The fourth-order valence-corrected chi connectivity index (χ4v) is 6.56. The van der Waals surface area contributed by atoms with Crippen molar-refractivity contribution in [3.63, 3.8) is 0 Å². The van der Waals surface area contributed by atoms with Crippen LogP contribution in [0.4, 0.5) is 0 Å². The molecule has 1 aliphatic rings. The summed E-state index contributed by atoms with van der Waals surface area (Å²) in [6, 6.07) is 27.1. The lowest BCUT2D eigenvalue weighted by Crippen LogP contribution is -2.39. The van der Waals surface area contributed by atoms with E-state index in [0.717, 1.165) is 27.5 Å². The monoisotopic (exact) mass is 604 g/mol. The van der Waals surface area contributed by atoms with E-state index in [9.17, 15) is 9.59 Å². The van der Waals surface area contributed by atoms with Crippen LogP contribution in [-0.2, 0) is 16.1 Å². The summed E-state index contributed by atoms with van der Waals surface area (Å²) in [4.78, 5) is 32.5. The van der Waals surface area contributed by atoms with E-state index in [0.29, 0.717) is 44.3 Å². The van der Waals surface area contributed by atoms with Gasteiger partial charge in [0.1, 0.15) is 6.61 Å². The minimum absolute atomic E-state index is 0.220. The van der Waals surface area contributed by atoms with Gasteiger partial charge in [-0.3, -0.25) is 9.36 Å². The molecule has 0 radical (unpaired) electrons. The van der Waals surface area contributed by atoms with Gasteiger partial charge in [0.25, 0.3) is 5.56 Å². The normalized spacial score (nSPS) is 14.7. The Morgan fingerprint density at radius 2 is 1.73 bits per heavy atom. The molecule has 0 saturated heterocycles. The SMILES string of the molecule is CCOC(=O)C1=C(C)N=c2s/c(=C\c3cccc(OC)c3OCc3cccc4ccccc34)c(=O)n2[C@H]1c1ccc(C)cc1. The number of carbonyl (C=O) groups excluding carboxylic acids is 1. The summed E-state index contributed by atoms with van der Waals surface area (Å²) in [5.41, 5.74) is 4.26. The Bertz CT molecular complexity index is 2080. The first-order valence-corrected chi connectivity index (χ1v) is 15.2. The van der Waals surface area contributed by atoms with Crippen LogP contribution in [0.3, 0.4) is 0 Å². The number of hydrogen-bond acceptors (Lipinski definition) is 7. The lowest BCUT2D eigenvalue weighted by molar-refractivity contribution is -0.139. The molecule has 0 N–H and O–H groups in total. The second-order valence-corrected chi connectivity index (χ2v) is 11.5. The summed E-state index contributed by atoms with van der Waals surface area (Å²) in [5.74, 6) is 0.613. The number of methoxy groups -OCH3 is 1. The van der Waals surface area contributed by atoms with Gasteiger partial charge >= 0.3 is 5.97 Å². The number of aryl methyl sites for hydroxylation is 1. The molecule has 0 bridgehead atoms. The molecule has 8 heteroatoms. The Morgan fingerprint density at radius 3 is 2.50 bits per heavy atom. The maximum Gasteiger partial charge on any atom is 0.338 e. The van der Waals surface area contributed by atoms with Crippen molar-refractivity contribution < 1.29 is 19.0 Å². The number of aromatic nitrogens is 1. The van der Waals surface area contributed by atoms with Crippen LogP contribution in [-0.4, -0.2) is 24.3 Å². The number of carbonyl (C=O) groups is 1. The van der Waals surface area contributed by atoms with Crippen LogP contribution in [0.5, 0.6) is 11.5 Å². The second kappa shape index (κ2) is 12.3. The van der Waals surface area contributed by atoms with Gasteiger partial charge in [0.05, 0.1) is 35.6 Å². The highest BCUT2D eigenvalue weighted by Crippen LogP contribution is 2.34. The van der Waals surface area contributed by atoms with E-state index in [-0.39, 0.29) is 12.2 Å². The number of ether oxygens (including phenoxy) is 3. The first-order chi connectivity index (χ1) is 21.4. The molecule has 1 atom stereocenters. The van der Waals surface area contributed by atoms with Crippen molar-refractivity contribution in [2.24, 2.45) is 4.99 Å². The molecule has 0 amide bonds. The van der Waals surface area contributed by atoms with Crippen molar-refractivity contribution in [3.8, 4) is 11.5 Å². The van der Waals surface area contributed by atoms with Gasteiger partial charge in [-0.05, 0) is 54.8 Å². The molecule has 7 nitrogen and oxygen atoms in total. The van der Waals surface area contributed by atoms with Crippen molar-refractivity contribution in [2.75, 3.05) is 13.7 Å². The van der Waals surface area contributed by atoms with Crippen LogP contribution in [0, 0.1) is 6.92 Å². The molecule has 5 aromatic rings. The van der Waals surface area contributed by atoms with Gasteiger partial charge in [0.2, 0.25) is 0 Å². The summed E-state index contributed by atoms with van der Waals surface area (Å²) in [6.07, 6.45) is 1.81. The fourth-order valence-electron chi connectivity index (χ4n) is 5.53. The van der Waals surface area contributed by atoms with E-state index < -0.39 is 12.0 Å². The number of fused-ring (bicyclic) bond motifs is 2. The molecule has 0 unspecified atom stereocenters. The predicted molar refractivity (Wildman–Crippen MR) is 173 cm³/mol. The maximum absolute atomic E-state index is 14.1. The number of esters is 1. The Kier molecular flexibility index (Phi) is 8.17. The highest BCUT2D eigenvalue weighted by molar-refractivity contribution is 7.07. The van der Waals surface area contributed by atoms with E-state index in [1.807, 2.05) is 73.7 Å². The highest BCUT2D eigenvalue weighted by Gasteiger charge is 2.33. The zero-order valence-corrected chi connectivity index (χ0v) is 25.8. The molecule has 0 spiro atoms. The minimum atomic E-state index is -0.666. The van der Waals surface area contributed by atoms with E-state index in [1.165, 1.54) is 11.3 Å². The van der Waals surface area contributed by atoms with Gasteiger partial charge in [-0.25, -0.2) is 9.79 Å². The standard InChI is InChI=1S/C36H32N2O5S/c1-5-42-35(40)31-23(3)37-36-38(32(31)25-18-16-22(2)17-19-25)34(39)30(44-36)20-26-12-9-15-29(41-4)33(26)43-21-27-13-8-11-24-10-6-7-14-28(24)27/h6-20,32H,5,21H2,1-4H3/b30-20-/t32-/m0/s1. The van der Waals surface area contributed by atoms with E-state index in [2.05, 4.69) is 18.2 Å². The smallest absolute Gasteiger partial charge is 0.338 e. The summed E-state index contributed by atoms with van der Waals surface area (Å²) >= 11 is 1.27. The van der Waals surface area contributed by atoms with E-state index in [4.69, 9.17) is 19.2 Å². The number of benzene rings is 4. The third-order valence-electron chi connectivity index (χ3n) is 7.68. The van der Waals surface area contributed by atoms with Crippen molar-refractivity contribution in [2.45, 2.75) is 33.4 Å². The molecular weight excluding hydrogens is 572 g/mol. The average molecular weight is 605 g/mol. The lowest BCUT2D eigenvalue weighted by Gasteiger charge is -2.24. The molecule has 1 aromatic heterocycles. The zero-order chi connectivity index (χ0) is 30.8. The summed E-state index contributed by atoms with van der Waals surface area (Å²) in [7, 11) is 1.60. The van der Waals surface area contributed by atoms with E-state index >= 15 is 0 Å². The molecule has 0 fully saturated rings. The van der Waals surface area contributed by atoms with Crippen LogP contribution >= 0.6 is 11.3 Å². The van der Waals surface area contributed by atoms with Gasteiger partial charge < -0.3 is 14.2 Å². The number of nitrogens with zero attached hydrogens (tertiary/aromatic N) is 2. The van der Waals surface area contributed by atoms with Gasteiger partial charge in [-0.2, -0.15) is 0 Å². The van der Waals surface area contributed by atoms with Crippen LogP contribution in [0.1, 0.15) is 42.1 Å². The summed E-state index contributed by atoms with van der Waals surface area (Å²) in [5, 5.41) is 2.25. The number of hydrogen-bond donors (Lipinski definition) is 0. The Morgan fingerprint density at radius 1 is 0.977 bits per heavy atom.